The smallest absolute Gasteiger partial charge is 0.486 e. The second kappa shape index (κ2) is 8.72. The molecular weight excluding hydrogens is 330 g/mol. The van der Waals surface area contributed by atoms with Crippen molar-refractivity contribution in [3.8, 4) is 5.75 Å². The summed E-state index contributed by atoms with van der Waals surface area (Å²) in [5.74, 6) is 0.887. The van der Waals surface area contributed by atoms with E-state index in [0.717, 1.165) is 30.8 Å². The maximum absolute atomic E-state index is 11.7. The topological polar surface area (TPSA) is 48.0 Å². The Labute approximate surface area is 154 Å². The zero-order valence-corrected chi connectivity index (χ0v) is 15.1. The molecule has 0 amide bonds. The van der Waals surface area contributed by atoms with Crippen LogP contribution in [0.15, 0.2) is 60.7 Å². The summed E-state index contributed by atoms with van der Waals surface area (Å²) >= 11 is 0. The van der Waals surface area contributed by atoms with Gasteiger partial charge in [0.2, 0.25) is 0 Å². The van der Waals surface area contributed by atoms with Crippen molar-refractivity contribution in [2.45, 2.75) is 25.6 Å². The van der Waals surface area contributed by atoms with E-state index in [0.29, 0.717) is 13.2 Å². The van der Waals surface area contributed by atoms with E-state index in [9.17, 15) is 4.79 Å². The SMILES string of the molecule is CC1(Oc2ccccc2)CCN(CCOC(=O)OCc2ccccc2)C1. The summed E-state index contributed by atoms with van der Waals surface area (Å²) in [6, 6.07) is 19.4. The van der Waals surface area contributed by atoms with Crippen molar-refractivity contribution in [2.24, 2.45) is 0 Å². The Morgan fingerprint density at radius 1 is 1.04 bits per heavy atom. The maximum Gasteiger partial charge on any atom is 0.508 e. The summed E-state index contributed by atoms with van der Waals surface area (Å²) < 4.78 is 16.4. The first-order chi connectivity index (χ1) is 12.6. The van der Waals surface area contributed by atoms with E-state index in [1.807, 2.05) is 60.7 Å². The van der Waals surface area contributed by atoms with Crippen LogP contribution in [0.4, 0.5) is 4.79 Å². The molecule has 5 heteroatoms. The Morgan fingerprint density at radius 2 is 1.73 bits per heavy atom. The average molecular weight is 355 g/mol. The third-order valence-corrected chi connectivity index (χ3v) is 4.45. The predicted octanol–water partition coefficient (Wildman–Crippen LogP) is 3.88. The van der Waals surface area contributed by atoms with E-state index >= 15 is 0 Å². The molecule has 0 bridgehead atoms. The van der Waals surface area contributed by atoms with Crippen LogP contribution >= 0.6 is 0 Å². The first-order valence-corrected chi connectivity index (χ1v) is 8.93. The minimum atomic E-state index is -0.628. The van der Waals surface area contributed by atoms with E-state index in [1.54, 1.807) is 0 Å². The lowest BCUT2D eigenvalue weighted by Crippen LogP contribution is -2.37. The second-order valence-corrected chi connectivity index (χ2v) is 6.76. The number of rotatable bonds is 7. The summed E-state index contributed by atoms with van der Waals surface area (Å²) in [6.45, 7) is 5.07. The first-order valence-electron chi connectivity index (χ1n) is 8.93. The zero-order valence-electron chi connectivity index (χ0n) is 15.1. The maximum atomic E-state index is 11.7. The summed E-state index contributed by atoms with van der Waals surface area (Å²) in [4.78, 5) is 13.9. The fraction of sp³-hybridized carbons (Fsp3) is 0.381. The minimum absolute atomic E-state index is 0.213. The molecule has 0 N–H and O–H groups in total. The number of carbonyl (C=O) groups is 1. The molecule has 1 saturated heterocycles. The largest absolute Gasteiger partial charge is 0.508 e. The minimum Gasteiger partial charge on any atom is -0.486 e. The lowest BCUT2D eigenvalue weighted by Gasteiger charge is -2.26. The van der Waals surface area contributed by atoms with E-state index in [4.69, 9.17) is 14.2 Å². The Bertz CT molecular complexity index is 692. The molecule has 1 unspecified atom stereocenters. The van der Waals surface area contributed by atoms with Crippen molar-refractivity contribution >= 4 is 6.16 Å². The molecule has 2 aromatic rings. The number of nitrogens with zero attached hydrogens (tertiary/aromatic N) is 1. The first kappa shape index (κ1) is 18.3. The lowest BCUT2D eigenvalue weighted by atomic mass is 10.1. The van der Waals surface area contributed by atoms with Gasteiger partial charge >= 0.3 is 6.16 Å². The molecule has 26 heavy (non-hydrogen) atoms. The Morgan fingerprint density at radius 3 is 2.46 bits per heavy atom. The Balaban J connectivity index is 1.34. The van der Waals surface area contributed by atoms with Crippen molar-refractivity contribution in [1.82, 2.24) is 4.90 Å². The Hall–Kier alpha value is -2.53. The molecule has 1 aliphatic heterocycles. The van der Waals surface area contributed by atoms with Gasteiger partial charge in [-0.1, -0.05) is 48.5 Å². The monoisotopic (exact) mass is 355 g/mol. The molecule has 2 aromatic carbocycles. The van der Waals surface area contributed by atoms with Crippen molar-refractivity contribution in [3.05, 3.63) is 66.2 Å². The predicted molar refractivity (Wildman–Crippen MR) is 99.1 cm³/mol. The highest BCUT2D eigenvalue weighted by molar-refractivity contribution is 5.59. The lowest BCUT2D eigenvalue weighted by molar-refractivity contribution is 0.0418. The molecule has 1 heterocycles. The number of likely N-dealkylation sites (tertiary alicyclic amines) is 1. The van der Waals surface area contributed by atoms with E-state index in [1.165, 1.54) is 0 Å². The summed E-state index contributed by atoms with van der Waals surface area (Å²) in [5, 5.41) is 0. The number of hydrogen-bond donors (Lipinski definition) is 0. The van der Waals surface area contributed by atoms with E-state index in [-0.39, 0.29) is 12.2 Å². The molecule has 0 aliphatic carbocycles. The highest BCUT2D eigenvalue weighted by Crippen LogP contribution is 2.27. The average Bonchev–Trinajstić information content (AvgIpc) is 3.02. The molecule has 0 aromatic heterocycles. The van der Waals surface area contributed by atoms with Crippen LogP contribution in [0.1, 0.15) is 18.9 Å². The third kappa shape index (κ3) is 5.49. The number of benzene rings is 2. The van der Waals surface area contributed by atoms with Crippen LogP contribution in [0.5, 0.6) is 5.75 Å². The fourth-order valence-corrected chi connectivity index (χ4v) is 3.09. The highest BCUT2D eigenvalue weighted by atomic mass is 16.7. The van der Waals surface area contributed by atoms with Gasteiger partial charge in [-0.25, -0.2) is 4.79 Å². The van der Waals surface area contributed by atoms with Crippen molar-refractivity contribution < 1.29 is 19.0 Å². The zero-order chi connectivity index (χ0) is 18.2. The van der Waals surface area contributed by atoms with Crippen LogP contribution in [0.25, 0.3) is 0 Å². The Kier molecular flexibility index (Phi) is 6.12. The number of hydrogen-bond acceptors (Lipinski definition) is 5. The summed E-state index contributed by atoms with van der Waals surface area (Å²) in [5.41, 5.74) is 0.729. The van der Waals surface area contributed by atoms with Crippen LogP contribution in [0.3, 0.4) is 0 Å². The van der Waals surface area contributed by atoms with E-state index < -0.39 is 6.16 Å². The van der Waals surface area contributed by atoms with Gasteiger partial charge in [-0.05, 0) is 24.6 Å². The molecule has 0 radical (unpaired) electrons. The molecule has 0 spiro atoms. The van der Waals surface area contributed by atoms with Gasteiger partial charge < -0.3 is 14.2 Å². The molecule has 0 saturated carbocycles. The molecular formula is C21H25NO4. The third-order valence-electron chi connectivity index (χ3n) is 4.45. The van der Waals surface area contributed by atoms with Crippen LogP contribution in [0.2, 0.25) is 0 Å². The second-order valence-electron chi connectivity index (χ2n) is 6.76. The van der Waals surface area contributed by atoms with Gasteiger partial charge in [0.25, 0.3) is 0 Å². The molecule has 3 rings (SSSR count). The molecule has 1 fully saturated rings. The number of ether oxygens (including phenoxy) is 3. The normalized spacial score (nSPS) is 19.9. The van der Waals surface area contributed by atoms with Crippen molar-refractivity contribution in [1.29, 1.82) is 0 Å². The van der Waals surface area contributed by atoms with Crippen LogP contribution in [0, 0.1) is 0 Å². The summed E-state index contributed by atoms with van der Waals surface area (Å²) in [6.07, 6.45) is 0.316. The molecule has 5 nitrogen and oxygen atoms in total. The van der Waals surface area contributed by atoms with Gasteiger partial charge in [-0.2, -0.15) is 0 Å². The van der Waals surface area contributed by atoms with Crippen molar-refractivity contribution in [2.75, 3.05) is 26.2 Å². The highest BCUT2D eigenvalue weighted by Gasteiger charge is 2.35. The standard InChI is InChI=1S/C21H25NO4/c1-21(26-19-10-6-3-7-11-19)12-13-22(17-21)14-15-24-20(23)25-16-18-8-4-2-5-9-18/h2-11H,12-17H2,1H3. The van der Waals surface area contributed by atoms with Crippen molar-refractivity contribution in [3.63, 3.8) is 0 Å². The molecule has 1 aliphatic rings. The van der Waals surface area contributed by atoms with Gasteiger partial charge in [-0.3, -0.25) is 4.90 Å². The molecule has 138 valence electrons. The van der Waals surface area contributed by atoms with Gasteiger partial charge in [0.15, 0.2) is 0 Å². The number of carbonyl (C=O) groups excluding carboxylic acids is 1. The number of para-hydroxylation sites is 1. The molecule has 1 atom stereocenters. The van der Waals surface area contributed by atoms with Gasteiger partial charge in [-0.15, -0.1) is 0 Å². The quantitative estimate of drug-likeness (QED) is 0.706. The van der Waals surface area contributed by atoms with E-state index in [2.05, 4.69) is 11.8 Å². The van der Waals surface area contributed by atoms with Gasteiger partial charge in [0.05, 0.1) is 0 Å². The summed E-state index contributed by atoms with van der Waals surface area (Å²) in [7, 11) is 0. The van der Waals surface area contributed by atoms with Gasteiger partial charge in [0, 0.05) is 26.1 Å². The van der Waals surface area contributed by atoms with Gasteiger partial charge in [0.1, 0.15) is 24.6 Å². The van der Waals surface area contributed by atoms with Crippen LogP contribution in [-0.2, 0) is 16.1 Å². The fourth-order valence-electron chi connectivity index (χ4n) is 3.09. The van der Waals surface area contributed by atoms with Crippen LogP contribution in [-0.4, -0.2) is 42.9 Å². The van der Waals surface area contributed by atoms with Crippen LogP contribution < -0.4 is 4.74 Å².